The number of epoxide rings is 2. The Morgan fingerprint density at radius 2 is 1.83 bits per heavy atom. The molecule has 0 radical (unpaired) electrons. The van der Waals surface area contributed by atoms with Gasteiger partial charge in [-0.05, 0) is 38.2 Å². The number of benzene rings is 1. The number of carbonyl (C=O) groups is 2. The third kappa shape index (κ3) is 3.05. The van der Waals surface area contributed by atoms with Crippen molar-refractivity contribution in [1.29, 1.82) is 0 Å². The van der Waals surface area contributed by atoms with Gasteiger partial charge >= 0.3 is 0 Å². The first kappa shape index (κ1) is 23.3. The van der Waals surface area contributed by atoms with Crippen molar-refractivity contribution >= 4 is 11.7 Å². The first-order valence-corrected chi connectivity index (χ1v) is 12.8. The molecule has 2 aliphatic carbocycles. The third-order valence-corrected chi connectivity index (χ3v) is 9.86. The molecule has 1 aromatic carbocycles. The first-order chi connectivity index (χ1) is 16.5. The Hall–Kier alpha value is -2.06. The lowest BCUT2D eigenvalue weighted by Gasteiger charge is -2.49. The van der Waals surface area contributed by atoms with Crippen LogP contribution in [0.15, 0.2) is 42.5 Å². The van der Waals surface area contributed by atoms with Gasteiger partial charge in [0.15, 0.2) is 5.78 Å². The molecule has 3 aliphatic heterocycles. The summed E-state index contributed by atoms with van der Waals surface area (Å²) >= 11 is 0. The molecule has 3 N–H and O–H groups in total. The molecule has 1 aromatic rings. The lowest BCUT2D eigenvalue weighted by molar-refractivity contribution is -0.148. The van der Waals surface area contributed by atoms with Crippen molar-refractivity contribution in [1.82, 2.24) is 5.32 Å². The molecule has 1 amide bonds. The maximum atomic E-state index is 14.0. The van der Waals surface area contributed by atoms with E-state index in [1.165, 1.54) is 6.92 Å². The van der Waals surface area contributed by atoms with E-state index < -0.39 is 35.2 Å². The summed E-state index contributed by atoms with van der Waals surface area (Å²) < 4.78 is 12.1. The number of Topliss-reactive ketones (excluding diaryl/α,β-unsaturated/α-hetero) is 1. The van der Waals surface area contributed by atoms with E-state index in [0.717, 1.165) is 5.56 Å². The van der Waals surface area contributed by atoms with Gasteiger partial charge in [-0.2, -0.15) is 0 Å². The van der Waals surface area contributed by atoms with Crippen LogP contribution in [0.4, 0.5) is 0 Å². The number of aliphatic hydroxyl groups excluding tert-OH is 1. The van der Waals surface area contributed by atoms with Crippen molar-refractivity contribution in [3.63, 3.8) is 0 Å². The van der Waals surface area contributed by atoms with Crippen molar-refractivity contribution in [3.05, 3.63) is 48.0 Å². The smallest absolute Gasteiger partial charge is 0.230 e. The molecule has 1 saturated carbocycles. The quantitative estimate of drug-likeness (QED) is 0.439. The average Bonchev–Trinajstić information content (AvgIpc) is 3.73. The van der Waals surface area contributed by atoms with Gasteiger partial charge in [0.2, 0.25) is 5.91 Å². The molecule has 0 bridgehead atoms. The number of amides is 1. The van der Waals surface area contributed by atoms with Gasteiger partial charge in [-0.25, -0.2) is 0 Å². The second-order valence-electron chi connectivity index (χ2n) is 11.8. The monoisotopic (exact) mass is 481 g/mol. The molecule has 5 aliphatic rings. The highest BCUT2D eigenvalue weighted by Gasteiger charge is 2.80. The molecule has 3 saturated heterocycles. The minimum absolute atomic E-state index is 0.00264. The van der Waals surface area contributed by atoms with E-state index in [4.69, 9.17) is 9.47 Å². The Balaban J connectivity index is 1.47. The number of hydrogen-bond acceptors (Lipinski definition) is 6. The summed E-state index contributed by atoms with van der Waals surface area (Å²) in [6.45, 7) is 7.49. The Morgan fingerprint density at radius 3 is 2.54 bits per heavy atom. The molecule has 188 valence electrons. The average molecular weight is 482 g/mol. The zero-order valence-corrected chi connectivity index (χ0v) is 20.7. The highest BCUT2D eigenvalue weighted by molar-refractivity contribution is 5.91. The molecule has 3 heterocycles. The largest absolute Gasteiger partial charge is 0.389 e. The number of hydrogen-bond donors (Lipinski definition) is 3. The van der Waals surface area contributed by atoms with E-state index in [1.807, 2.05) is 30.4 Å². The van der Waals surface area contributed by atoms with Gasteiger partial charge in [0.1, 0.15) is 17.8 Å². The highest BCUT2D eigenvalue weighted by Crippen LogP contribution is 2.68. The van der Waals surface area contributed by atoms with E-state index in [-0.39, 0.29) is 47.2 Å². The summed E-state index contributed by atoms with van der Waals surface area (Å²) in [6, 6.07) is 9.87. The van der Waals surface area contributed by atoms with Crippen molar-refractivity contribution in [2.45, 2.75) is 82.2 Å². The normalized spacial score (nSPS) is 52.3. The molecule has 12 atom stereocenters. The summed E-state index contributed by atoms with van der Waals surface area (Å²) in [4.78, 5) is 27.1. The molecule has 35 heavy (non-hydrogen) atoms. The molecule has 0 unspecified atom stereocenters. The summed E-state index contributed by atoms with van der Waals surface area (Å²) in [5.41, 5.74) is -2.18. The topological polar surface area (TPSA) is 112 Å². The van der Waals surface area contributed by atoms with Crippen LogP contribution in [0.2, 0.25) is 0 Å². The van der Waals surface area contributed by atoms with E-state index in [0.29, 0.717) is 12.8 Å². The van der Waals surface area contributed by atoms with Crippen molar-refractivity contribution < 1.29 is 29.3 Å². The predicted molar refractivity (Wildman–Crippen MR) is 127 cm³/mol. The van der Waals surface area contributed by atoms with Gasteiger partial charge in [0, 0.05) is 23.8 Å². The second-order valence-corrected chi connectivity index (χ2v) is 11.8. The lowest BCUT2D eigenvalue weighted by Crippen LogP contribution is -2.61. The van der Waals surface area contributed by atoms with Gasteiger partial charge in [-0.15, -0.1) is 0 Å². The van der Waals surface area contributed by atoms with E-state index >= 15 is 0 Å². The number of carbonyl (C=O) groups excluding carboxylic acids is 2. The van der Waals surface area contributed by atoms with Crippen molar-refractivity contribution in [2.24, 2.45) is 29.1 Å². The van der Waals surface area contributed by atoms with Crippen LogP contribution >= 0.6 is 0 Å². The molecule has 4 fully saturated rings. The van der Waals surface area contributed by atoms with E-state index in [2.05, 4.69) is 31.3 Å². The fraction of sp³-hybridized carbons (Fsp3) is 0.643. The van der Waals surface area contributed by atoms with Gasteiger partial charge in [0.05, 0.1) is 23.2 Å². The standard InChI is InChI=1S/C28H35NO6/c1-14-9-8-12-17-23-27(4,35-23)15(2)19-18(13-16-10-6-5-7-11-16)29-25(32)28(17,19)22(31)20-24(34-20)26(3,33)21(14)30/h5-8,10-12,14-15,17-20,22-24,31,33H,9,13H2,1-4H3,(H,29,32)/t14-,15-,17-,18-,19+,20-,22+,23-,24+,26-,27+,28-/m0/s1. The number of nitrogens with one attached hydrogen (secondary N) is 1. The van der Waals surface area contributed by atoms with E-state index in [1.54, 1.807) is 6.92 Å². The molecule has 1 spiro atoms. The Morgan fingerprint density at radius 1 is 1.11 bits per heavy atom. The second kappa shape index (κ2) is 7.48. The molecule has 6 rings (SSSR count). The molecule has 7 nitrogen and oxygen atoms in total. The number of fused-ring (bicyclic) bond motifs is 3. The maximum Gasteiger partial charge on any atom is 0.230 e. The number of allylic oxidation sites excluding steroid dienone is 1. The van der Waals surface area contributed by atoms with Crippen LogP contribution in [0.25, 0.3) is 0 Å². The van der Waals surface area contributed by atoms with Crippen molar-refractivity contribution in [3.8, 4) is 0 Å². The Labute approximate surface area is 205 Å². The van der Waals surface area contributed by atoms with Crippen LogP contribution in [-0.4, -0.2) is 63.6 Å². The zero-order valence-electron chi connectivity index (χ0n) is 20.7. The summed E-state index contributed by atoms with van der Waals surface area (Å²) in [7, 11) is 0. The third-order valence-electron chi connectivity index (χ3n) is 9.86. The van der Waals surface area contributed by atoms with Crippen LogP contribution in [0, 0.1) is 29.1 Å². The Kier molecular flexibility index (Phi) is 4.99. The number of ether oxygens (including phenoxy) is 2. The summed E-state index contributed by atoms with van der Waals surface area (Å²) in [5.74, 6) is -1.48. The van der Waals surface area contributed by atoms with E-state index in [9.17, 15) is 19.8 Å². The SMILES string of the molecule is C[C@H]1CC=C[C@H]2[C@@H]3O[C@]3(C)[C@@H](C)[C@@H]3[C@H](Cc4ccccc4)NC(=O)[C@]32[C@H](O)[C@@H]2O[C@H]2[C@@](C)(O)C1=O. The first-order valence-electron chi connectivity index (χ1n) is 12.8. The van der Waals surface area contributed by atoms with Crippen LogP contribution < -0.4 is 5.32 Å². The highest BCUT2D eigenvalue weighted by atomic mass is 16.6. The minimum atomic E-state index is -1.73. The van der Waals surface area contributed by atoms with Crippen LogP contribution in [0.1, 0.15) is 39.7 Å². The lowest BCUT2D eigenvalue weighted by atomic mass is 9.50. The van der Waals surface area contributed by atoms with Crippen molar-refractivity contribution in [2.75, 3.05) is 0 Å². The van der Waals surface area contributed by atoms with Gasteiger partial charge in [-0.1, -0.05) is 56.3 Å². The number of aliphatic hydroxyl groups is 2. The number of ketones is 1. The fourth-order valence-electron chi connectivity index (χ4n) is 7.74. The van der Waals surface area contributed by atoms with Gasteiger partial charge in [-0.3, -0.25) is 9.59 Å². The summed E-state index contributed by atoms with van der Waals surface area (Å²) in [6.07, 6.45) is 1.98. The molecular formula is C28H35NO6. The Bertz CT molecular complexity index is 1090. The fourth-order valence-corrected chi connectivity index (χ4v) is 7.74. The van der Waals surface area contributed by atoms with Gasteiger partial charge in [0.25, 0.3) is 0 Å². The minimum Gasteiger partial charge on any atom is -0.389 e. The van der Waals surface area contributed by atoms with Crippen LogP contribution in [0.3, 0.4) is 0 Å². The maximum absolute atomic E-state index is 14.0. The molecular weight excluding hydrogens is 446 g/mol. The van der Waals surface area contributed by atoms with Crippen LogP contribution in [-0.2, 0) is 25.5 Å². The summed E-state index contributed by atoms with van der Waals surface area (Å²) in [5, 5.41) is 26.3. The van der Waals surface area contributed by atoms with Crippen LogP contribution in [0.5, 0.6) is 0 Å². The molecule has 7 heteroatoms. The van der Waals surface area contributed by atoms with Gasteiger partial charge < -0.3 is 25.0 Å². The zero-order chi connectivity index (χ0) is 24.9. The number of rotatable bonds is 2. The molecule has 0 aromatic heterocycles. The predicted octanol–water partition coefficient (Wildman–Crippen LogP) is 1.80.